The van der Waals surface area contributed by atoms with Crippen LogP contribution in [0.25, 0.3) is 0 Å². The van der Waals surface area contributed by atoms with Crippen LogP contribution in [0.5, 0.6) is 0 Å². The van der Waals surface area contributed by atoms with Crippen molar-refractivity contribution in [3.8, 4) is 0 Å². The molecular weight excluding hydrogens is 246 g/mol. The third-order valence-electron chi connectivity index (χ3n) is 2.54. The minimum Gasteiger partial charge on any atom is -0.374 e. The standard InChI is InChI=1S/C14H23NO2S/c1-10-6-7-12(18-10)11(17-5)9-15-13(16)8-14(2,3)4/h6-7,11H,8-9H2,1-5H3,(H,15,16). The Morgan fingerprint density at radius 2 is 2.11 bits per heavy atom. The van der Waals surface area contributed by atoms with E-state index in [1.165, 1.54) is 4.88 Å². The van der Waals surface area contributed by atoms with Gasteiger partial charge in [0.15, 0.2) is 0 Å². The van der Waals surface area contributed by atoms with Crippen LogP contribution >= 0.6 is 11.3 Å². The highest BCUT2D eigenvalue weighted by molar-refractivity contribution is 7.12. The SMILES string of the molecule is COC(CNC(=O)CC(C)(C)C)c1ccc(C)s1. The van der Waals surface area contributed by atoms with Crippen molar-refractivity contribution in [2.45, 2.75) is 40.2 Å². The number of thiophene rings is 1. The van der Waals surface area contributed by atoms with E-state index in [2.05, 4.69) is 45.1 Å². The maximum absolute atomic E-state index is 11.8. The van der Waals surface area contributed by atoms with Crippen LogP contribution in [0.15, 0.2) is 12.1 Å². The molecule has 1 aromatic rings. The topological polar surface area (TPSA) is 38.3 Å². The van der Waals surface area contributed by atoms with Crippen molar-refractivity contribution in [2.75, 3.05) is 13.7 Å². The lowest BCUT2D eigenvalue weighted by Gasteiger charge is -2.19. The first-order valence-electron chi connectivity index (χ1n) is 6.17. The third kappa shape index (κ3) is 5.19. The van der Waals surface area contributed by atoms with Gasteiger partial charge < -0.3 is 10.1 Å². The number of hydrogen-bond donors (Lipinski definition) is 1. The maximum atomic E-state index is 11.8. The largest absolute Gasteiger partial charge is 0.374 e. The minimum absolute atomic E-state index is 0.0200. The molecule has 0 spiro atoms. The van der Waals surface area contributed by atoms with Gasteiger partial charge in [-0.25, -0.2) is 0 Å². The number of hydrogen-bond acceptors (Lipinski definition) is 3. The van der Waals surface area contributed by atoms with Crippen LogP contribution in [-0.4, -0.2) is 19.6 Å². The molecule has 1 heterocycles. The number of carbonyl (C=O) groups is 1. The molecular formula is C14H23NO2S. The Balaban J connectivity index is 2.48. The number of ether oxygens (including phenoxy) is 1. The zero-order valence-corrected chi connectivity index (χ0v) is 12.7. The van der Waals surface area contributed by atoms with Crippen LogP contribution < -0.4 is 5.32 Å². The van der Waals surface area contributed by atoms with Gasteiger partial charge in [0.1, 0.15) is 6.10 Å². The Labute approximate surface area is 114 Å². The van der Waals surface area contributed by atoms with E-state index in [9.17, 15) is 4.79 Å². The van der Waals surface area contributed by atoms with E-state index in [1.54, 1.807) is 18.4 Å². The predicted molar refractivity (Wildman–Crippen MR) is 75.9 cm³/mol. The Hall–Kier alpha value is -0.870. The second kappa shape index (κ2) is 6.34. The first-order valence-corrected chi connectivity index (χ1v) is 6.99. The van der Waals surface area contributed by atoms with Crippen molar-refractivity contribution in [2.24, 2.45) is 5.41 Å². The first-order chi connectivity index (χ1) is 8.31. The maximum Gasteiger partial charge on any atom is 0.220 e. The van der Waals surface area contributed by atoms with Gasteiger partial charge in [-0.15, -0.1) is 11.3 Å². The summed E-state index contributed by atoms with van der Waals surface area (Å²) in [6, 6.07) is 4.13. The average Bonchev–Trinajstić information content (AvgIpc) is 2.63. The highest BCUT2D eigenvalue weighted by Gasteiger charge is 2.18. The summed E-state index contributed by atoms with van der Waals surface area (Å²) in [5, 5.41) is 2.94. The molecule has 0 saturated carbocycles. The van der Waals surface area contributed by atoms with Crippen LogP contribution in [0.1, 0.15) is 43.1 Å². The second-order valence-electron chi connectivity index (χ2n) is 5.71. The van der Waals surface area contributed by atoms with E-state index in [1.807, 2.05) is 0 Å². The lowest BCUT2D eigenvalue weighted by atomic mass is 9.92. The second-order valence-corrected chi connectivity index (χ2v) is 7.03. The van der Waals surface area contributed by atoms with Gasteiger partial charge >= 0.3 is 0 Å². The van der Waals surface area contributed by atoms with Crippen LogP contribution in [0.4, 0.5) is 0 Å². The molecule has 1 rings (SSSR count). The molecule has 0 saturated heterocycles. The van der Waals surface area contributed by atoms with Gasteiger partial charge in [-0.2, -0.15) is 0 Å². The van der Waals surface area contributed by atoms with E-state index in [0.717, 1.165) is 4.88 Å². The summed E-state index contributed by atoms with van der Waals surface area (Å²) < 4.78 is 5.43. The summed E-state index contributed by atoms with van der Waals surface area (Å²) >= 11 is 1.71. The van der Waals surface area contributed by atoms with Gasteiger partial charge in [0.2, 0.25) is 5.91 Å². The van der Waals surface area contributed by atoms with Crippen molar-refractivity contribution >= 4 is 17.2 Å². The van der Waals surface area contributed by atoms with Crippen LogP contribution in [0.3, 0.4) is 0 Å². The van der Waals surface area contributed by atoms with Gasteiger partial charge in [0.25, 0.3) is 0 Å². The fraction of sp³-hybridized carbons (Fsp3) is 0.643. The summed E-state index contributed by atoms with van der Waals surface area (Å²) in [5.41, 5.74) is 0.0200. The molecule has 0 bridgehead atoms. The third-order valence-corrected chi connectivity index (χ3v) is 3.63. The van der Waals surface area contributed by atoms with Crippen LogP contribution in [0.2, 0.25) is 0 Å². The average molecular weight is 269 g/mol. The molecule has 0 aliphatic heterocycles. The monoisotopic (exact) mass is 269 g/mol. The zero-order chi connectivity index (χ0) is 13.8. The molecule has 3 nitrogen and oxygen atoms in total. The fourth-order valence-corrected chi connectivity index (χ4v) is 2.63. The Kier molecular flexibility index (Phi) is 5.35. The molecule has 1 unspecified atom stereocenters. The summed E-state index contributed by atoms with van der Waals surface area (Å²) in [7, 11) is 1.68. The molecule has 1 amide bonds. The van der Waals surface area contributed by atoms with Crippen molar-refractivity contribution in [1.29, 1.82) is 0 Å². The van der Waals surface area contributed by atoms with Gasteiger partial charge in [0, 0.05) is 29.8 Å². The number of amides is 1. The molecule has 1 aromatic heterocycles. The molecule has 1 atom stereocenters. The molecule has 0 aliphatic carbocycles. The molecule has 0 aliphatic rings. The first kappa shape index (κ1) is 15.2. The minimum atomic E-state index is -0.0485. The van der Waals surface area contributed by atoms with E-state index in [4.69, 9.17) is 4.74 Å². The van der Waals surface area contributed by atoms with E-state index in [-0.39, 0.29) is 17.4 Å². The summed E-state index contributed by atoms with van der Waals surface area (Å²) in [5.74, 6) is 0.0813. The molecule has 102 valence electrons. The summed E-state index contributed by atoms with van der Waals surface area (Å²) in [4.78, 5) is 14.2. The fourth-order valence-electron chi connectivity index (χ4n) is 1.68. The van der Waals surface area contributed by atoms with Gasteiger partial charge in [0.05, 0.1) is 0 Å². The number of carbonyl (C=O) groups excluding carboxylic acids is 1. The lowest BCUT2D eigenvalue weighted by Crippen LogP contribution is -2.31. The Morgan fingerprint density at radius 1 is 1.44 bits per heavy atom. The van der Waals surface area contributed by atoms with Crippen molar-refractivity contribution in [3.05, 3.63) is 21.9 Å². The van der Waals surface area contributed by atoms with Gasteiger partial charge in [-0.05, 0) is 24.5 Å². The summed E-state index contributed by atoms with van der Waals surface area (Å²) in [6.07, 6.45) is 0.486. The number of aryl methyl sites for hydroxylation is 1. The van der Waals surface area contributed by atoms with E-state index in [0.29, 0.717) is 13.0 Å². The highest BCUT2D eigenvalue weighted by Crippen LogP contribution is 2.24. The quantitative estimate of drug-likeness (QED) is 0.890. The molecule has 18 heavy (non-hydrogen) atoms. The molecule has 1 N–H and O–H groups in total. The number of nitrogens with one attached hydrogen (secondary N) is 1. The number of rotatable bonds is 5. The van der Waals surface area contributed by atoms with E-state index >= 15 is 0 Å². The summed E-state index contributed by atoms with van der Waals surface area (Å²) in [6.45, 7) is 8.78. The van der Waals surface area contributed by atoms with Crippen molar-refractivity contribution < 1.29 is 9.53 Å². The van der Waals surface area contributed by atoms with Crippen LogP contribution in [-0.2, 0) is 9.53 Å². The Bertz CT molecular complexity index is 393. The molecule has 4 heteroatoms. The molecule has 0 aromatic carbocycles. The smallest absolute Gasteiger partial charge is 0.220 e. The lowest BCUT2D eigenvalue weighted by molar-refractivity contribution is -0.123. The highest BCUT2D eigenvalue weighted by atomic mass is 32.1. The van der Waals surface area contributed by atoms with Crippen molar-refractivity contribution in [3.63, 3.8) is 0 Å². The normalized spacial score (nSPS) is 13.4. The van der Waals surface area contributed by atoms with E-state index < -0.39 is 0 Å². The van der Waals surface area contributed by atoms with Gasteiger partial charge in [-0.3, -0.25) is 4.79 Å². The van der Waals surface area contributed by atoms with Crippen LogP contribution in [0, 0.1) is 12.3 Å². The number of methoxy groups -OCH3 is 1. The molecule has 0 fully saturated rings. The van der Waals surface area contributed by atoms with Crippen molar-refractivity contribution in [1.82, 2.24) is 5.32 Å². The van der Waals surface area contributed by atoms with Gasteiger partial charge in [-0.1, -0.05) is 20.8 Å². The molecule has 0 radical (unpaired) electrons. The predicted octanol–water partition coefficient (Wildman–Crippen LogP) is 3.30. The zero-order valence-electron chi connectivity index (χ0n) is 11.9. The Morgan fingerprint density at radius 3 is 2.56 bits per heavy atom.